The van der Waals surface area contributed by atoms with Gasteiger partial charge < -0.3 is 15.5 Å². The molecular weight excluding hydrogens is 176 g/mol. The van der Waals surface area contributed by atoms with E-state index in [4.69, 9.17) is 11.1 Å². The molecule has 0 aromatic heterocycles. The second-order valence-electron chi connectivity index (χ2n) is 4.31. The number of hydrogen-bond acceptors (Lipinski definition) is 3. The first-order chi connectivity index (χ1) is 6.59. The van der Waals surface area contributed by atoms with Crippen LogP contribution in [0.15, 0.2) is 0 Å². The van der Waals surface area contributed by atoms with Crippen molar-refractivity contribution in [3.05, 3.63) is 0 Å². The third kappa shape index (κ3) is 3.64. The van der Waals surface area contributed by atoms with Crippen molar-refractivity contribution < 1.29 is 0 Å². The molecule has 1 aliphatic heterocycles. The number of rotatable bonds is 4. The van der Waals surface area contributed by atoms with Crippen LogP contribution in [0.5, 0.6) is 0 Å². The summed E-state index contributed by atoms with van der Waals surface area (Å²) < 4.78 is 0. The maximum absolute atomic E-state index is 7.16. The molecule has 0 atom stereocenters. The van der Waals surface area contributed by atoms with Crippen molar-refractivity contribution in [1.82, 2.24) is 9.80 Å². The van der Waals surface area contributed by atoms with Crippen LogP contribution >= 0.6 is 0 Å². The van der Waals surface area contributed by atoms with Crippen molar-refractivity contribution in [2.24, 2.45) is 5.73 Å². The number of nitrogens with one attached hydrogen (secondary N) is 1. The van der Waals surface area contributed by atoms with Crippen LogP contribution < -0.4 is 5.73 Å². The summed E-state index contributed by atoms with van der Waals surface area (Å²) in [4.78, 5) is 4.71. The van der Waals surface area contributed by atoms with Gasteiger partial charge in [0.15, 0.2) is 0 Å². The first-order valence-electron chi connectivity index (χ1n) is 5.31. The van der Waals surface area contributed by atoms with Crippen LogP contribution in [-0.4, -0.2) is 55.4 Å². The molecule has 82 valence electrons. The highest BCUT2D eigenvalue weighted by molar-refractivity contribution is 5.76. The second kappa shape index (κ2) is 5.32. The summed E-state index contributed by atoms with van der Waals surface area (Å²) in [6.07, 6.45) is 3.20. The van der Waals surface area contributed by atoms with Gasteiger partial charge in [-0.1, -0.05) is 0 Å². The minimum absolute atomic E-state index is 0.305. The first-order valence-corrected chi connectivity index (χ1v) is 5.31. The van der Waals surface area contributed by atoms with Gasteiger partial charge in [0.2, 0.25) is 0 Å². The summed E-state index contributed by atoms with van der Waals surface area (Å²) in [6.45, 7) is 3.25. The highest BCUT2D eigenvalue weighted by Crippen LogP contribution is 2.13. The Morgan fingerprint density at radius 1 is 1.43 bits per heavy atom. The smallest absolute Gasteiger partial charge is 0.0918 e. The van der Waals surface area contributed by atoms with Crippen LogP contribution in [0, 0.1) is 5.41 Å². The molecule has 0 bridgehead atoms. The fourth-order valence-electron chi connectivity index (χ4n) is 1.94. The Labute approximate surface area is 86.6 Å². The van der Waals surface area contributed by atoms with Crippen molar-refractivity contribution in [1.29, 1.82) is 5.41 Å². The predicted molar refractivity (Wildman–Crippen MR) is 59.7 cm³/mol. The van der Waals surface area contributed by atoms with E-state index in [-0.39, 0.29) is 0 Å². The Kier molecular flexibility index (Phi) is 4.35. The van der Waals surface area contributed by atoms with Crippen LogP contribution in [0.2, 0.25) is 0 Å². The molecule has 0 aromatic rings. The zero-order chi connectivity index (χ0) is 10.6. The SMILES string of the molecule is CN(C)C1CCN(CCC(=N)N)CC1. The van der Waals surface area contributed by atoms with E-state index in [1.54, 1.807) is 0 Å². The molecule has 0 amide bonds. The predicted octanol–water partition coefficient (Wildman–Crippen LogP) is 0.338. The lowest BCUT2D eigenvalue weighted by atomic mass is 10.0. The van der Waals surface area contributed by atoms with Gasteiger partial charge in [0, 0.05) is 19.0 Å². The number of piperidine rings is 1. The summed E-state index contributed by atoms with van der Waals surface area (Å²) in [6, 6.07) is 0.739. The Bertz CT molecular complexity index is 183. The number of nitrogens with zero attached hydrogens (tertiary/aromatic N) is 2. The van der Waals surface area contributed by atoms with Crippen LogP contribution in [-0.2, 0) is 0 Å². The van der Waals surface area contributed by atoms with E-state index in [9.17, 15) is 0 Å². The van der Waals surface area contributed by atoms with Crippen molar-refractivity contribution in [3.8, 4) is 0 Å². The maximum Gasteiger partial charge on any atom is 0.0918 e. The van der Waals surface area contributed by atoms with Crippen molar-refractivity contribution in [2.45, 2.75) is 25.3 Å². The van der Waals surface area contributed by atoms with Gasteiger partial charge in [-0.3, -0.25) is 5.41 Å². The Morgan fingerprint density at radius 2 is 2.00 bits per heavy atom. The third-order valence-electron chi connectivity index (χ3n) is 2.98. The molecule has 3 N–H and O–H groups in total. The summed E-state index contributed by atoms with van der Waals surface area (Å²) >= 11 is 0. The minimum Gasteiger partial charge on any atom is -0.388 e. The lowest BCUT2D eigenvalue weighted by Gasteiger charge is -2.35. The lowest BCUT2D eigenvalue weighted by Crippen LogP contribution is -2.42. The van der Waals surface area contributed by atoms with Crippen LogP contribution in [0.1, 0.15) is 19.3 Å². The van der Waals surface area contributed by atoms with E-state index in [1.165, 1.54) is 12.8 Å². The highest BCUT2D eigenvalue weighted by Gasteiger charge is 2.19. The number of nitrogens with two attached hydrogens (primary N) is 1. The number of hydrogen-bond donors (Lipinski definition) is 2. The summed E-state index contributed by atoms with van der Waals surface area (Å²) in [5, 5.41) is 7.16. The largest absolute Gasteiger partial charge is 0.388 e. The molecule has 1 rings (SSSR count). The Balaban J connectivity index is 2.19. The van der Waals surface area contributed by atoms with E-state index in [0.29, 0.717) is 12.3 Å². The van der Waals surface area contributed by atoms with E-state index < -0.39 is 0 Å². The quantitative estimate of drug-likeness (QED) is 0.506. The molecule has 0 radical (unpaired) electrons. The molecule has 1 fully saturated rings. The van der Waals surface area contributed by atoms with E-state index in [2.05, 4.69) is 23.9 Å². The van der Waals surface area contributed by atoms with E-state index in [0.717, 1.165) is 25.7 Å². The van der Waals surface area contributed by atoms with Gasteiger partial charge in [0.05, 0.1) is 5.84 Å². The average molecular weight is 198 g/mol. The molecule has 4 heteroatoms. The lowest BCUT2D eigenvalue weighted by molar-refractivity contribution is 0.147. The van der Waals surface area contributed by atoms with Gasteiger partial charge in [-0.15, -0.1) is 0 Å². The van der Waals surface area contributed by atoms with Crippen LogP contribution in [0.3, 0.4) is 0 Å². The van der Waals surface area contributed by atoms with Gasteiger partial charge in [-0.2, -0.15) is 0 Å². The van der Waals surface area contributed by atoms with Gasteiger partial charge in [-0.05, 0) is 40.0 Å². The molecule has 0 aromatic carbocycles. The Hall–Kier alpha value is -0.610. The van der Waals surface area contributed by atoms with E-state index in [1.807, 2.05) is 0 Å². The highest BCUT2D eigenvalue weighted by atomic mass is 15.2. The first kappa shape index (κ1) is 11.5. The monoisotopic (exact) mass is 198 g/mol. The van der Waals surface area contributed by atoms with Gasteiger partial charge in [0.1, 0.15) is 0 Å². The zero-order valence-corrected chi connectivity index (χ0v) is 9.29. The Morgan fingerprint density at radius 3 is 2.43 bits per heavy atom. The summed E-state index contributed by atoms with van der Waals surface area (Å²) in [5.41, 5.74) is 5.33. The molecule has 1 aliphatic rings. The standard InChI is InChI=1S/C10H22N4/c1-13(2)9-3-6-14(7-4-9)8-5-10(11)12/h9H,3-8H2,1-2H3,(H3,11,12). The molecule has 14 heavy (non-hydrogen) atoms. The molecule has 0 aliphatic carbocycles. The van der Waals surface area contributed by atoms with Gasteiger partial charge >= 0.3 is 0 Å². The molecule has 0 spiro atoms. The van der Waals surface area contributed by atoms with Gasteiger partial charge in [-0.25, -0.2) is 0 Å². The van der Waals surface area contributed by atoms with E-state index >= 15 is 0 Å². The second-order valence-corrected chi connectivity index (χ2v) is 4.31. The normalized spacial score (nSPS) is 20.2. The topological polar surface area (TPSA) is 56.4 Å². The third-order valence-corrected chi connectivity index (χ3v) is 2.98. The molecule has 1 saturated heterocycles. The van der Waals surface area contributed by atoms with Crippen LogP contribution in [0.25, 0.3) is 0 Å². The van der Waals surface area contributed by atoms with Crippen molar-refractivity contribution in [2.75, 3.05) is 33.7 Å². The molecule has 1 heterocycles. The zero-order valence-electron chi connectivity index (χ0n) is 9.29. The maximum atomic E-state index is 7.16. The fraction of sp³-hybridized carbons (Fsp3) is 0.900. The molecule has 4 nitrogen and oxygen atoms in total. The summed E-state index contributed by atoms with van der Waals surface area (Å²) in [7, 11) is 4.30. The summed E-state index contributed by atoms with van der Waals surface area (Å²) in [5.74, 6) is 0.305. The number of amidine groups is 1. The van der Waals surface area contributed by atoms with Crippen molar-refractivity contribution in [3.63, 3.8) is 0 Å². The number of likely N-dealkylation sites (tertiary alicyclic amines) is 1. The average Bonchev–Trinajstić information content (AvgIpc) is 2.15. The molecule has 0 unspecified atom stereocenters. The van der Waals surface area contributed by atoms with Crippen LogP contribution in [0.4, 0.5) is 0 Å². The minimum atomic E-state index is 0.305. The molecule has 0 saturated carbocycles. The fourth-order valence-corrected chi connectivity index (χ4v) is 1.94. The molecular formula is C10H22N4. The van der Waals surface area contributed by atoms with Gasteiger partial charge in [0.25, 0.3) is 0 Å². The van der Waals surface area contributed by atoms with Crippen molar-refractivity contribution >= 4 is 5.84 Å².